The zero-order valence-corrected chi connectivity index (χ0v) is 14.7. The molecule has 1 aromatic carbocycles. The molecule has 8 heteroatoms. The fourth-order valence-electron chi connectivity index (χ4n) is 2.60. The molecule has 0 aliphatic rings. The van der Waals surface area contributed by atoms with Crippen molar-refractivity contribution >= 4 is 23.3 Å². The molecule has 2 rings (SSSR count). The Bertz CT molecular complexity index is 869. The minimum Gasteiger partial charge on any atom is -0.448 e. The summed E-state index contributed by atoms with van der Waals surface area (Å²) in [5, 5.41) is 2.05. The van der Waals surface area contributed by atoms with E-state index >= 15 is 0 Å². The topological polar surface area (TPSA) is 88.3 Å². The summed E-state index contributed by atoms with van der Waals surface area (Å²) in [5.41, 5.74) is 0.721. The van der Waals surface area contributed by atoms with E-state index < -0.39 is 35.3 Å². The number of aromatic nitrogens is 1. The number of carbonyl (C=O) groups excluding carboxylic acids is 3. The first-order chi connectivity index (χ1) is 12.1. The molecule has 2 N–H and O–H groups in total. The van der Waals surface area contributed by atoms with Crippen LogP contribution in [0.2, 0.25) is 0 Å². The van der Waals surface area contributed by atoms with Crippen LogP contribution in [0, 0.1) is 25.5 Å². The maximum atomic E-state index is 13.6. The Morgan fingerprint density at radius 2 is 1.73 bits per heavy atom. The van der Waals surface area contributed by atoms with Gasteiger partial charge in [-0.15, -0.1) is 0 Å². The molecule has 0 fully saturated rings. The maximum Gasteiger partial charge on any atom is 0.355 e. The number of rotatable bonds is 5. The van der Waals surface area contributed by atoms with Gasteiger partial charge in [-0.1, -0.05) is 6.07 Å². The smallest absolute Gasteiger partial charge is 0.355 e. The van der Waals surface area contributed by atoms with Crippen LogP contribution in [0.5, 0.6) is 0 Å². The number of benzene rings is 1. The summed E-state index contributed by atoms with van der Waals surface area (Å²) in [6.07, 6.45) is -1.31. The molecule has 0 bridgehead atoms. The Morgan fingerprint density at radius 1 is 1.15 bits per heavy atom. The predicted octanol–water partition coefficient (Wildman–Crippen LogP) is 3.30. The van der Waals surface area contributed by atoms with Gasteiger partial charge in [-0.25, -0.2) is 13.6 Å². The van der Waals surface area contributed by atoms with Crippen molar-refractivity contribution in [3.05, 3.63) is 52.3 Å². The monoisotopic (exact) mass is 364 g/mol. The van der Waals surface area contributed by atoms with Gasteiger partial charge in [-0.05, 0) is 45.4 Å². The van der Waals surface area contributed by atoms with E-state index in [2.05, 4.69) is 10.3 Å². The number of Topliss-reactive ketones (excluding diaryl/α,β-unsaturated/α-hetero) is 1. The highest BCUT2D eigenvalue weighted by Gasteiger charge is 2.25. The molecule has 2 aromatic rings. The van der Waals surface area contributed by atoms with Crippen molar-refractivity contribution in [1.82, 2.24) is 4.98 Å². The molecule has 0 radical (unpaired) electrons. The fraction of sp³-hybridized carbons (Fsp3) is 0.278. The highest BCUT2D eigenvalue weighted by Crippen LogP contribution is 2.21. The molecule has 0 spiro atoms. The predicted molar refractivity (Wildman–Crippen MR) is 90.1 cm³/mol. The Hall–Kier alpha value is -3.03. The summed E-state index contributed by atoms with van der Waals surface area (Å²) < 4.78 is 32.2. The van der Waals surface area contributed by atoms with Crippen molar-refractivity contribution in [3.8, 4) is 0 Å². The van der Waals surface area contributed by atoms with Crippen LogP contribution in [-0.2, 0) is 9.53 Å². The van der Waals surface area contributed by atoms with Gasteiger partial charge in [0.1, 0.15) is 23.0 Å². The quantitative estimate of drug-likeness (QED) is 0.629. The van der Waals surface area contributed by atoms with Gasteiger partial charge in [0, 0.05) is 11.3 Å². The van der Waals surface area contributed by atoms with Gasteiger partial charge in [-0.3, -0.25) is 9.59 Å². The van der Waals surface area contributed by atoms with Crippen LogP contribution in [0.3, 0.4) is 0 Å². The second-order valence-corrected chi connectivity index (χ2v) is 5.81. The third kappa shape index (κ3) is 3.79. The lowest BCUT2D eigenvalue weighted by Crippen LogP contribution is -2.31. The summed E-state index contributed by atoms with van der Waals surface area (Å²) in [5.74, 6) is -3.85. The largest absolute Gasteiger partial charge is 0.448 e. The number of nitrogens with one attached hydrogen (secondary N) is 2. The van der Waals surface area contributed by atoms with Crippen LogP contribution in [0.1, 0.15) is 46.0 Å². The number of carbonyl (C=O) groups is 3. The van der Waals surface area contributed by atoms with E-state index in [0.29, 0.717) is 16.8 Å². The van der Waals surface area contributed by atoms with Gasteiger partial charge in [0.2, 0.25) is 0 Å². The first kappa shape index (κ1) is 19.3. The molecule has 26 heavy (non-hydrogen) atoms. The maximum absolute atomic E-state index is 13.6. The zero-order chi connectivity index (χ0) is 19.6. The number of anilines is 1. The lowest BCUT2D eigenvalue weighted by atomic mass is 10.1. The number of aryl methyl sites for hydroxylation is 1. The van der Waals surface area contributed by atoms with Crippen LogP contribution in [0.4, 0.5) is 14.5 Å². The standard InChI is InChI=1S/C18H18F2N2O4/c1-8-14(10(3)23)9(2)21-15(8)18(25)26-11(4)17(24)22-16-12(19)6-5-7-13(16)20/h5-7,11,21H,1-4H3,(H,22,24). The second kappa shape index (κ2) is 7.47. The molecular formula is C18H18F2N2O4. The van der Waals surface area contributed by atoms with Crippen LogP contribution in [0.15, 0.2) is 18.2 Å². The van der Waals surface area contributed by atoms with Crippen molar-refractivity contribution in [2.45, 2.75) is 33.8 Å². The van der Waals surface area contributed by atoms with Gasteiger partial charge in [0.05, 0.1) is 0 Å². The first-order valence-electron chi connectivity index (χ1n) is 7.79. The summed E-state index contributed by atoms with van der Waals surface area (Å²) in [6.45, 7) is 5.86. The molecular weight excluding hydrogens is 346 g/mol. The molecule has 1 aromatic heterocycles. The highest BCUT2D eigenvalue weighted by atomic mass is 19.1. The average Bonchev–Trinajstić information content (AvgIpc) is 2.85. The highest BCUT2D eigenvalue weighted by molar-refractivity contribution is 6.02. The zero-order valence-electron chi connectivity index (χ0n) is 14.7. The van der Waals surface area contributed by atoms with E-state index in [1.54, 1.807) is 13.8 Å². The Labute approximate surface area is 148 Å². The third-order valence-electron chi connectivity index (χ3n) is 3.86. The Morgan fingerprint density at radius 3 is 2.23 bits per heavy atom. The average molecular weight is 364 g/mol. The van der Waals surface area contributed by atoms with Crippen LogP contribution < -0.4 is 5.32 Å². The van der Waals surface area contributed by atoms with Crippen LogP contribution >= 0.6 is 0 Å². The Balaban J connectivity index is 2.13. The van der Waals surface area contributed by atoms with Gasteiger partial charge in [0.15, 0.2) is 11.9 Å². The van der Waals surface area contributed by atoms with E-state index in [9.17, 15) is 23.2 Å². The van der Waals surface area contributed by atoms with E-state index in [-0.39, 0.29) is 11.5 Å². The SMILES string of the molecule is CC(=O)c1c(C)[nH]c(C(=O)OC(C)C(=O)Nc2c(F)cccc2F)c1C. The van der Waals surface area contributed by atoms with Crippen molar-refractivity contribution in [1.29, 1.82) is 0 Å². The number of ether oxygens (including phenoxy) is 1. The number of halogens is 2. The minimum absolute atomic E-state index is 0.0458. The normalized spacial score (nSPS) is 11.8. The molecule has 0 saturated carbocycles. The molecule has 1 unspecified atom stereocenters. The second-order valence-electron chi connectivity index (χ2n) is 5.81. The summed E-state index contributed by atoms with van der Waals surface area (Å²) in [7, 11) is 0. The summed E-state index contributed by atoms with van der Waals surface area (Å²) in [6, 6.07) is 3.14. The number of hydrogen-bond acceptors (Lipinski definition) is 4. The van der Waals surface area contributed by atoms with Gasteiger partial charge < -0.3 is 15.0 Å². The number of para-hydroxylation sites is 1. The van der Waals surface area contributed by atoms with E-state index in [0.717, 1.165) is 18.2 Å². The number of aromatic amines is 1. The van der Waals surface area contributed by atoms with Crippen molar-refractivity contribution in [2.24, 2.45) is 0 Å². The van der Waals surface area contributed by atoms with Gasteiger partial charge >= 0.3 is 5.97 Å². The summed E-state index contributed by atoms with van der Waals surface area (Å²) in [4.78, 5) is 38.7. The number of H-pyrrole nitrogens is 1. The Kier molecular flexibility index (Phi) is 5.54. The van der Waals surface area contributed by atoms with Crippen LogP contribution in [-0.4, -0.2) is 28.7 Å². The van der Waals surface area contributed by atoms with Crippen molar-refractivity contribution < 1.29 is 27.9 Å². The number of esters is 1. The molecule has 1 atom stereocenters. The molecule has 1 amide bonds. The lowest BCUT2D eigenvalue weighted by Gasteiger charge is -2.14. The van der Waals surface area contributed by atoms with E-state index in [1.807, 2.05) is 0 Å². The van der Waals surface area contributed by atoms with Crippen molar-refractivity contribution in [2.75, 3.05) is 5.32 Å². The lowest BCUT2D eigenvalue weighted by molar-refractivity contribution is -0.123. The molecule has 6 nitrogen and oxygen atoms in total. The number of ketones is 1. The fourth-order valence-corrected chi connectivity index (χ4v) is 2.60. The molecule has 1 heterocycles. The van der Waals surface area contributed by atoms with E-state index in [1.165, 1.54) is 13.8 Å². The first-order valence-corrected chi connectivity index (χ1v) is 7.79. The number of hydrogen-bond donors (Lipinski definition) is 2. The minimum atomic E-state index is -1.31. The van der Waals surface area contributed by atoms with Crippen LogP contribution in [0.25, 0.3) is 0 Å². The van der Waals surface area contributed by atoms with E-state index in [4.69, 9.17) is 4.74 Å². The molecule has 0 aliphatic heterocycles. The summed E-state index contributed by atoms with van der Waals surface area (Å²) >= 11 is 0. The molecule has 0 aliphatic carbocycles. The third-order valence-corrected chi connectivity index (χ3v) is 3.86. The van der Waals surface area contributed by atoms with Gasteiger partial charge in [0.25, 0.3) is 5.91 Å². The molecule has 0 saturated heterocycles. The number of amides is 1. The molecule has 138 valence electrons. The van der Waals surface area contributed by atoms with Crippen molar-refractivity contribution in [3.63, 3.8) is 0 Å². The van der Waals surface area contributed by atoms with Gasteiger partial charge in [-0.2, -0.15) is 0 Å².